The second kappa shape index (κ2) is 5.61. The molecule has 0 unspecified atom stereocenters. The monoisotopic (exact) mass is 298 g/mol. The maximum absolute atomic E-state index is 12.6. The van der Waals surface area contributed by atoms with Gasteiger partial charge in [-0.05, 0) is 24.5 Å². The van der Waals surface area contributed by atoms with Crippen LogP contribution in [-0.4, -0.2) is 23.2 Å². The maximum Gasteiger partial charge on any atom is 0.270 e. The number of thiazole rings is 1. The van der Waals surface area contributed by atoms with E-state index in [1.54, 1.807) is 5.38 Å². The molecule has 106 valence electrons. The van der Waals surface area contributed by atoms with Gasteiger partial charge in [0.25, 0.3) is 5.91 Å². The van der Waals surface area contributed by atoms with Gasteiger partial charge >= 0.3 is 0 Å². The van der Waals surface area contributed by atoms with E-state index in [1.807, 2.05) is 37.3 Å². The zero-order chi connectivity index (χ0) is 14.8. The summed E-state index contributed by atoms with van der Waals surface area (Å²) in [6, 6.07) is 7.86. The number of fused-ring (bicyclic) bond motifs is 1. The van der Waals surface area contributed by atoms with E-state index in [1.165, 1.54) is 11.3 Å². The fourth-order valence-electron chi connectivity index (χ4n) is 2.35. The average Bonchev–Trinajstić information content (AvgIpc) is 3.14. The molecule has 0 fully saturated rings. The van der Waals surface area contributed by atoms with Gasteiger partial charge in [0.2, 0.25) is 5.78 Å². The van der Waals surface area contributed by atoms with Crippen molar-refractivity contribution in [2.75, 3.05) is 6.54 Å². The number of benzene rings is 1. The maximum atomic E-state index is 12.6. The van der Waals surface area contributed by atoms with Crippen molar-refractivity contribution in [2.24, 2.45) is 0 Å². The number of hydrogen-bond donors (Lipinski definition) is 1. The third kappa shape index (κ3) is 2.52. The van der Waals surface area contributed by atoms with E-state index < -0.39 is 0 Å². The summed E-state index contributed by atoms with van der Waals surface area (Å²) in [6.45, 7) is 2.38. The minimum absolute atomic E-state index is 0.111. The van der Waals surface area contributed by atoms with Crippen molar-refractivity contribution in [1.29, 1.82) is 0 Å². The number of hydrogen-bond acceptors (Lipinski definition) is 4. The number of Topliss-reactive ketones (excluding diaryl/α,β-unsaturated/α-hetero) is 1. The highest BCUT2D eigenvalue weighted by molar-refractivity contribution is 7.12. The predicted octanol–water partition coefficient (Wildman–Crippen LogP) is 2.72. The van der Waals surface area contributed by atoms with Gasteiger partial charge in [0.15, 0.2) is 5.01 Å². The Morgan fingerprint density at radius 3 is 2.95 bits per heavy atom. The number of ketones is 1. The molecule has 1 aromatic carbocycles. The van der Waals surface area contributed by atoms with Crippen LogP contribution in [0.4, 0.5) is 0 Å². The van der Waals surface area contributed by atoms with Crippen molar-refractivity contribution in [3.05, 3.63) is 57.6 Å². The molecule has 0 spiro atoms. The molecule has 1 heterocycles. The highest BCUT2D eigenvalue weighted by atomic mass is 32.1. The topological polar surface area (TPSA) is 59.1 Å². The summed E-state index contributed by atoms with van der Waals surface area (Å²) in [5, 5.41) is 4.66. The molecule has 3 rings (SSSR count). The molecule has 1 amide bonds. The Bertz CT molecular complexity index is 746. The van der Waals surface area contributed by atoms with Crippen LogP contribution in [0.3, 0.4) is 0 Å². The van der Waals surface area contributed by atoms with E-state index >= 15 is 0 Å². The number of nitrogens with zero attached hydrogens (tertiary/aromatic N) is 1. The molecule has 0 saturated heterocycles. The molecule has 21 heavy (non-hydrogen) atoms. The Hall–Kier alpha value is -2.27. The summed E-state index contributed by atoms with van der Waals surface area (Å²) in [5.74, 6) is -0.353. The molecule has 5 heteroatoms. The second-order valence-corrected chi connectivity index (χ2v) is 5.56. The van der Waals surface area contributed by atoms with E-state index in [0.717, 1.165) is 17.5 Å². The number of nitrogens with one attached hydrogen (secondary N) is 1. The van der Waals surface area contributed by atoms with Crippen LogP contribution in [0.15, 0.2) is 35.7 Å². The smallest absolute Gasteiger partial charge is 0.270 e. The first-order valence-electron chi connectivity index (χ1n) is 6.77. The SMILES string of the molecule is CCNC(=O)c1csc(C(=O)C2=CCc3ccccc32)n1. The summed E-state index contributed by atoms with van der Waals surface area (Å²) >= 11 is 1.21. The average molecular weight is 298 g/mol. The first-order chi connectivity index (χ1) is 10.2. The van der Waals surface area contributed by atoms with Gasteiger partial charge in [0.1, 0.15) is 5.69 Å². The number of amides is 1. The Labute approximate surface area is 126 Å². The lowest BCUT2D eigenvalue weighted by Crippen LogP contribution is -2.23. The van der Waals surface area contributed by atoms with Crippen molar-refractivity contribution in [3.8, 4) is 0 Å². The quantitative estimate of drug-likeness (QED) is 0.883. The van der Waals surface area contributed by atoms with E-state index in [-0.39, 0.29) is 11.7 Å². The molecule has 0 aliphatic heterocycles. The lowest BCUT2D eigenvalue weighted by atomic mass is 10.0. The van der Waals surface area contributed by atoms with Gasteiger partial charge in [-0.15, -0.1) is 11.3 Å². The van der Waals surface area contributed by atoms with Gasteiger partial charge in [-0.25, -0.2) is 4.98 Å². The molecule has 4 nitrogen and oxygen atoms in total. The Morgan fingerprint density at radius 1 is 1.33 bits per heavy atom. The van der Waals surface area contributed by atoms with Gasteiger partial charge < -0.3 is 5.32 Å². The van der Waals surface area contributed by atoms with Gasteiger partial charge in [0.05, 0.1) is 0 Å². The Morgan fingerprint density at radius 2 is 2.14 bits per heavy atom. The highest BCUT2D eigenvalue weighted by Crippen LogP contribution is 2.30. The van der Waals surface area contributed by atoms with Gasteiger partial charge in [-0.1, -0.05) is 30.3 Å². The van der Waals surface area contributed by atoms with Crippen molar-refractivity contribution < 1.29 is 9.59 Å². The molecule has 0 bridgehead atoms. The predicted molar refractivity (Wildman–Crippen MR) is 82.6 cm³/mol. The minimum atomic E-state index is -0.242. The number of rotatable bonds is 4. The van der Waals surface area contributed by atoms with E-state index in [0.29, 0.717) is 22.8 Å². The number of carbonyl (C=O) groups is 2. The van der Waals surface area contributed by atoms with Crippen LogP contribution in [0.2, 0.25) is 0 Å². The second-order valence-electron chi connectivity index (χ2n) is 4.71. The fraction of sp³-hybridized carbons (Fsp3) is 0.188. The van der Waals surface area contributed by atoms with E-state index in [2.05, 4.69) is 10.3 Å². The van der Waals surface area contributed by atoms with Gasteiger partial charge in [-0.3, -0.25) is 9.59 Å². The number of carbonyl (C=O) groups excluding carboxylic acids is 2. The molecule has 1 aromatic heterocycles. The summed E-state index contributed by atoms with van der Waals surface area (Å²) in [5.41, 5.74) is 3.11. The molecule has 1 N–H and O–H groups in total. The molecule has 2 aromatic rings. The first kappa shape index (κ1) is 13.7. The third-order valence-electron chi connectivity index (χ3n) is 3.35. The fourth-order valence-corrected chi connectivity index (χ4v) is 3.10. The zero-order valence-corrected chi connectivity index (χ0v) is 12.4. The van der Waals surface area contributed by atoms with E-state index in [4.69, 9.17) is 0 Å². The summed E-state index contributed by atoms with van der Waals surface area (Å²) < 4.78 is 0. The van der Waals surface area contributed by atoms with Crippen LogP contribution in [0.25, 0.3) is 5.57 Å². The van der Waals surface area contributed by atoms with Gasteiger partial charge in [0, 0.05) is 17.5 Å². The van der Waals surface area contributed by atoms with Crippen LogP contribution >= 0.6 is 11.3 Å². The molecule has 1 aliphatic rings. The van der Waals surface area contributed by atoms with Crippen LogP contribution in [0, 0.1) is 0 Å². The van der Waals surface area contributed by atoms with Crippen LogP contribution in [0.5, 0.6) is 0 Å². The molecular formula is C16H14N2O2S. The lowest BCUT2D eigenvalue weighted by Gasteiger charge is -2.02. The summed E-state index contributed by atoms with van der Waals surface area (Å²) in [6.07, 6.45) is 2.70. The van der Waals surface area contributed by atoms with Crippen LogP contribution in [-0.2, 0) is 6.42 Å². The van der Waals surface area contributed by atoms with Crippen LogP contribution < -0.4 is 5.32 Å². The molecular weight excluding hydrogens is 284 g/mol. The standard InChI is InChI=1S/C16H14N2O2S/c1-2-17-15(20)13-9-21-16(18-13)14(19)12-8-7-10-5-3-4-6-11(10)12/h3-6,8-9H,2,7H2,1H3,(H,17,20). The zero-order valence-electron chi connectivity index (χ0n) is 11.6. The normalized spacial score (nSPS) is 12.7. The number of aromatic nitrogens is 1. The molecule has 0 radical (unpaired) electrons. The molecule has 0 atom stereocenters. The van der Waals surface area contributed by atoms with Crippen LogP contribution in [0.1, 0.15) is 38.3 Å². The first-order valence-corrected chi connectivity index (χ1v) is 7.65. The largest absolute Gasteiger partial charge is 0.351 e. The summed E-state index contributed by atoms with van der Waals surface area (Å²) in [4.78, 5) is 28.4. The highest BCUT2D eigenvalue weighted by Gasteiger charge is 2.24. The third-order valence-corrected chi connectivity index (χ3v) is 4.19. The van der Waals surface area contributed by atoms with Crippen molar-refractivity contribution in [2.45, 2.75) is 13.3 Å². The Balaban J connectivity index is 1.86. The number of allylic oxidation sites excluding steroid dienone is 2. The van der Waals surface area contributed by atoms with Crippen molar-refractivity contribution in [1.82, 2.24) is 10.3 Å². The van der Waals surface area contributed by atoms with Crippen molar-refractivity contribution >= 4 is 28.6 Å². The van der Waals surface area contributed by atoms with E-state index in [9.17, 15) is 9.59 Å². The lowest BCUT2D eigenvalue weighted by molar-refractivity contribution is 0.0951. The minimum Gasteiger partial charge on any atom is -0.351 e. The molecule has 0 saturated carbocycles. The Kier molecular flexibility index (Phi) is 3.66. The molecule has 1 aliphatic carbocycles. The summed E-state index contributed by atoms with van der Waals surface area (Å²) in [7, 11) is 0. The van der Waals surface area contributed by atoms with Gasteiger partial charge in [-0.2, -0.15) is 0 Å². The van der Waals surface area contributed by atoms with Crippen molar-refractivity contribution in [3.63, 3.8) is 0 Å².